The monoisotopic (exact) mass is 339 g/mol. The van der Waals surface area contributed by atoms with Gasteiger partial charge in [-0.05, 0) is 24.3 Å². The number of carbonyl (C=O) groups is 1. The fourth-order valence-electron chi connectivity index (χ4n) is 2.22. The Labute approximate surface area is 144 Å². The Morgan fingerprint density at radius 3 is 2.80 bits per heavy atom. The first kappa shape index (κ1) is 16.5. The van der Waals surface area contributed by atoms with Gasteiger partial charge in [0.05, 0.1) is 12.7 Å². The van der Waals surface area contributed by atoms with Crippen LogP contribution in [0, 0.1) is 6.92 Å². The minimum atomic E-state index is -0.284. The zero-order chi connectivity index (χ0) is 17.6. The van der Waals surface area contributed by atoms with Crippen LogP contribution in [-0.2, 0) is 6.61 Å². The Kier molecular flexibility index (Phi) is 4.94. The Morgan fingerprint density at radius 1 is 1.20 bits per heavy atom. The number of carbonyl (C=O) groups excluding carboxylic acids is 1. The van der Waals surface area contributed by atoms with Crippen molar-refractivity contribution in [1.29, 1.82) is 0 Å². The minimum Gasteiger partial charge on any atom is -0.497 e. The number of aryl methyl sites for hydroxylation is 1. The first-order valence-electron chi connectivity index (χ1n) is 7.62. The van der Waals surface area contributed by atoms with Crippen molar-refractivity contribution >= 4 is 11.6 Å². The molecule has 0 unspecified atom stereocenters. The average molecular weight is 339 g/mol. The highest BCUT2D eigenvalue weighted by Gasteiger charge is 2.14. The first-order chi connectivity index (χ1) is 12.2. The molecule has 0 atom stereocenters. The summed E-state index contributed by atoms with van der Waals surface area (Å²) < 4.78 is 15.7. The lowest BCUT2D eigenvalue weighted by Crippen LogP contribution is -2.13. The van der Waals surface area contributed by atoms with Gasteiger partial charge in [-0.2, -0.15) is 4.98 Å². The highest BCUT2D eigenvalue weighted by atomic mass is 16.5. The van der Waals surface area contributed by atoms with Crippen LogP contribution in [0.4, 0.5) is 5.69 Å². The topological polar surface area (TPSA) is 86.5 Å². The molecule has 0 aliphatic heterocycles. The van der Waals surface area contributed by atoms with E-state index in [1.54, 1.807) is 62.6 Å². The number of amides is 1. The van der Waals surface area contributed by atoms with Crippen LogP contribution < -0.4 is 14.8 Å². The predicted octanol–water partition coefficient (Wildman–Crippen LogP) is 3.22. The molecule has 0 aliphatic rings. The van der Waals surface area contributed by atoms with Gasteiger partial charge in [0.15, 0.2) is 6.61 Å². The van der Waals surface area contributed by atoms with Gasteiger partial charge in [-0.25, -0.2) is 0 Å². The maximum absolute atomic E-state index is 12.6. The summed E-state index contributed by atoms with van der Waals surface area (Å²) in [6, 6.07) is 14.1. The largest absolute Gasteiger partial charge is 0.497 e. The molecular formula is C18H17N3O4. The number of nitrogens with zero attached hydrogens (tertiary/aromatic N) is 2. The van der Waals surface area contributed by atoms with Gasteiger partial charge in [0.2, 0.25) is 11.7 Å². The molecule has 1 heterocycles. The zero-order valence-electron chi connectivity index (χ0n) is 13.9. The lowest BCUT2D eigenvalue weighted by Gasteiger charge is -2.11. The number of ether oxygens (including phenoxy) is 2. The molecule has 7 heteroatoms. The van der Waals surface area contributed by atoms with Crippen molar-refractivity contribution in [2.45, 2.75) is 13.5 Å². The Bertz CT molecular complexity index is 876. The first-order valence-corrected chi connectivity index (χ1v) is 7.62. The van der Waals surface area contributed by atoms with Crippen molar-refractivity contribution in [2.75, 3.05) is 12.4 Å². The molecule has 0 bridgehead atoms. The third kappa shape index (κ3) is 4.14. The third-order valence-corrected chi connectivity index (χ3v) is 3.39. The number of methoxy groups -OCH3 is 1. The number of rotatable bonds is 6. The number of anilines is 1. The molecule has 0 saturated heterocycles. The van der Waals surface area contributed by atoms with E-state index in [-0.39, 0.29) is 12.5 Å². The Balaban J connectivity index is 1.73. The summed E-state index contributed by atoms with van der Waals surface area (Å²) in [6.07, 6.45) is 0. The number of nitrogens with one attached hydrogen (secondary N) is 1. The second-order valence-electron chi connectivity index (χ2n) is 5.20. The van der Waals surface area contributed by atoms with Gasteiger partial charge in [0.1, 0.15) is 11.5 Å². The van der Waals surface area contributed by atoms with Gasteiger partial charge >= 0.3 is 0 Å². The van der Waals surface area contributed by atoms with Gasteiger partial charge in [0, 0.05) is 18.7 Å². The second kappa shape index (κ2) is 7.48. The standard InChI is InChI=1S/C18H17N3O4/c1-12-19-17(21-25-12)11-24-16-9-4-3-8-15(16)18(22)20-13-6-5-7-14(10-13)23-2/h3-10H,11H2,1-2H3,(H,20,22). The maximum atomic E-state index is 12.6. The molecule has 0 spiro atoms. The summed E-state index contributed by atoms with van der Waals surface area (Å²) in [6.45, 7) is 1.81. The van der Waals surface area contributed by atoms with Gasteiger partial charge in [-0.15, -0.1) is 0 Å². The molecule has 0 fully saturated rings. The normalized spacial score (nSPS) is 10.3. The summed E-state index contributed by atoms with van der Waals surface area (Å²) in [7, 11) is 1.57. The third-order valence-electron chi connectivity index (χ3n) is 3.39. The lowest BCUT2D eigenvalue weighted by molar-refractivity contribution is 0.102. The Hall–Kier alpha value is -3.35. The van der Waals surface area contributed by atoms with E-state index in [0.29, 0.717) is 34.5 Å². The average Bonchev–Trinajstić information content (AvgIpc) is 3.05. The van der Waals surface area contributed by atoms with E-state index < -0.39 is 0 Å². The van der Waals surface area contributed by atoms with Crippen LogP contribution in [0.2, 0.25) is 0 Å². The Morgan fingerprint density at radius 2 is 2.04 bits per heavy atom. The van der Waals surface area contributed by atoms with E-state index in [9.17, 15) is 4.79 Å². The molecule has 0 aliphatic carbocycles. The molecule has 1 N–H and O–H groups in total. The molecule has 0 saturated carbocycles. The molecule has 7 nitrogen and oxygen atoms in total. The van der Waals surface area contributed by atoms with Crippen LogP contribution in [0.25, 0.3) is 0 Å². The van der Waals surface area contributed by atoms with E-state index in [1.807, 2.05) is 0 Å². The SMILES string of the molecule is COc1cccc(NC(=O)c2ccccc2OCc2noc(C)n2)c1. The maximum Gasteiger partial charge on any atom is 0.259 e. The van der Waals surface area contributed by atoms with E-state index in [1.165, 1.54) is 0 Å². The number of hydrogen-bond donors (Lipinski definition) is 1. The summed E-state index contributed by atoms with van der Waals surface area (Å²) in [5.74, 6) is 1.69. The van der Waals surface area contributed by atoms with Crippen LogP contribution in [0.5, 0.6) is 11.5 Å². The number of hydrogen-bond acceptors (Lipinski definition) is 6. The van der Waals surface area contributed by atoms with E-state index in [0.717, 1.165) is 0 Å². The molecule has 1 amide bonds. The molecule has 3 aromatic rings. The number of aromatic nitrogens is 2. The number of benzene rings is 2. The fourth-order valence-corrected chi connectivity index (χ4v) is 2.22. The molecule has 3 rings (SSSR count). The predicted molar refractivity (Wildman–Crippen MR) is 90.8 cm³/mol. The van der Waals surface area contributed by atoms with Crippen molar-refractivity contribution in [3.63, 3.8) is 0 Å². The lowest BCUT2D eigenvalue weighted by atomic mass is 10.2. The van der Waals surface area contributed by atoms with Gasteiger partial charge in [-0.1, -0.05) is 23.4 Å². The van der Waals surface area contributed by atoms with Crippen molar-refractivity contribution in [3.8, 4) is 11.5 Å². The fraction of sp³-hybridized carbons (Fsp3) is 0.167. The van der Waals surface area contributed by atoms with Crippen LogP contribution in [-0.4, -0.2) is 23.2 Å². The molecule has 128 valence electrons. The minimum absolute atomic E-state index is 0.112. The van der Waals surface area contributed by atoms with Crippen LogP contribution in [0.3, 0.4) is 0 Å². The zero-order valence-corrected chi connectivity index (χ0v) is 13.9. The summed E-state index contributed by atoms with van der Waals surface area (Å²) in [5, 5.41) is 6.59. The molecular weight excluding hydrogens is 322 g/mol. The molecule has 1 aromatic heterocycles. The highest BCUT2D eigenvalue weighted by Crippen LogP contribution is 2.22. The van der Waals surface area contributed by atoms with Crippen LogP contribution in [0.15, 0.2) is 53.1 Å². The van der Waals surface area contributed by atoms with Crippen molar-refractivity contribution in [1.82, 2.24) is 10.1 Å². The number of para-hydroxylation sites is 1. The van der Waals surface area contributed by atoms with Crippen molar-refractivity contribution in [3.05, 3.63) is 65.8 Å². The summed E-state index contributed by atoms with van der Waals surface area (Å²) >= 11 is 0. The molecule has 0 radical (unpaired) electrons. The summed E-state index contributed by atoms with van der Waals surface area (Å²) in [5.41, 5.74) is 1.04. The van der Waals surface area contributed by atoms with E-state index >= 15 is 0 Å². The highest BCUT2D eigenvalue weighted by molar-refractivity contribution is 6.06. The van der Waals surface area contributed by atoms with Crippen molar-refractivity contribution < 1.29 is 18.8 Å². The molecule has 2 aromatic carbocycles. The van der Waals surface area contributed by atoms with Crippen molar-refractivity contribution in [2.24, 2.45) is 0 Å². The van der Waals surface area contributed by atoms with Gasteiger partial charge in [-0.3, -0.25) is 4.79 Å². The van der Waals surface area contributed by atoms with Gasteiger partial charge in [0.25, 0.3) is 5.91 Å². The molecule has 25 heavy (non-hydrogen) atoms. The van der Waals surface area contributed by atoms with E-state index in [4.69, 9.17) is 14.0 Å². The summed E-state index contributed by atoms with van der Waals surface area (Å²) in [4.78, 5) is 16.6. The quantitative estimate of drug-likeness (QED) is 0.742. The second-order valence-corrected chi connectivity index (χ2v) is 5.20. The smallest absolute Gasteiger partial charge is 0.259 e. The van der Waals surface area contributed by atoms with Crippen LogP contribution >= 0.6 is 0 Å². The van der Waals surface area contributed by atoms with E-state index in [2.05, 4.69) is 15.5 Å². The van der Waals surface area contributed by atoms with Gasteiger partial charge < -0.3 is 19.3 Å². The van der Waals surface area contributed by atoms with Crippen LogP contribution in [0.1, 0.15) is 22.1 Å².